The van der Waals surface area contributed by atoms with Gasteiger partial charge in [-0.25, -0.2) is 9.97 Å². The second-order valence-corrected chi connectivity index (χ2v) is 11.1. The van der Waals surface area contributed by atoms with Crippen LogP contribution in [0.25, 0.3) is 0 Å². The average Bonchev–Trinajstić information content (AvgIpc) is 3.02. The summed E-state index contributed by atoms with van der Waals surface area (Å²) in [4.78, 5) is 25.3. The van der Waals surface area contributed by atoms with Gasteiger partial charge in [0.25, 0.3) is 5.91 Å². The number of fused-ring (bicyclic) bond motifs is 6. The normalized spacial score (nSPS) is 21.4. The van der Waals surface area contributed by atoms with Crippen molar-refractivity contribution in [3.8, 4) is 0 Å². The minimum atomic E-state index is -0.137. The van der Waals surface area contributed by atoms with Crippen molar-refractivity contribution in [3.63, 3.8) is 0 Å². The Morgan fingerprint density at radius 3 is 2.74 bits per heavy atom. The zero-order chi connectivity index (χ0) is 22.2. The van der Waals surface area contributed by atoms with E-state index in [0.717, 1.165) is 54.7 Å². The summed E-state index contributed by atoms with van der Waals surface area (Å²) in [7, 11) is 0. The Labute approximate surface area is 189 Å². The predicted molar refractivity (Wildman–Crippen MR) is 128 cm³/mol. The first-order chi connectivity index (χ1) is 14.6. The molecule has 4 rings (SSSR count). The molecule has 6 nitrogen and oxygen atoms in total. The topological polar surface area (TPSA) is 70.2 Å². The highest BCUT2D eigenvalue weighted by molar-refractivity contribution is 7.97. The molecule has 1 saturated heterocycles. The fourth-order valence-electron chi connectivity index (χ4n) is 4.53. The lowest BCUT2D eigenvalue weighted by atomic mass is 9.91. The van der Waals surface area contributed by atoms with Crippen molar-refractivity contribution in [2.75, 3.05) is 23.3 Å². The molecule has 0 aromatic carbocycles. The second-order valence-electron chi connectivity index (χ2n) is 10.3. The zero-order valence-corrected chi connectivity index (χ0v) is 20.0. The number of pyridine rings is 2. The van der Waals surface area contributed by atoms with Gasteiger partial charge in [0, 0.05) is 41.7 Å². The number of nitrogens with zero attached hydrogens (tertiary/aromatic N) is 3. The lowest BCUT2D eigenvalue weighted by molar-refractivity contribution is 0.0984. The summed E-state index contributed by atoms with van der Waals surface area (Å²) in [6, 6.07) is 9.76. The molecule has 2 aromatic heterocycles. The highest BCUT2D eigenvalue weighted by Crippen LogP contribution is 2.40. The maximum atomic E-state index is 13.2. The third-order valence-electron chi connectivity index (χ3n) is 6.17. The molecule has 2 aromatic rings. The highest BCUT2D eigenvalue weighted by Gasteiger charge is 2.40. The van der Waals surface area contributed by atoms with E-state index < -0.39 is 0 Å². The predicted octanol–water partition coefficient (Wildman–Crippen LogP) is 5.02. The number of hydrogen-bond donors (Lipinski definition) is 2. The Morgan fingerprint density at radius 2 is 1.97 bits per heavy atom. The smallest absolute Gasteiger partial charge is 0.265 e. The lowest BCUT2D eigenvalue weighted by Crippen LogP contribution is -2.40. The Balaban J connectivity index is 1.75. The number of carbonyl (C=O) groups excluding carboxylic acids is 1. The quantitative estimate of drug-likeness (QED) is 0.562. The van der Waals surface area contributed by atoms with Crippen LogP contribution in [0.2, 0.25) is 0 Å². The van der Waals surface area contributed by atoms with Gasteiger partial charge < -0.3 is 10.2 Å². The molecule has 31 heavy (non-hydrogen) atoms. The van der Waals surface area contributed by atoms with E-state index in [-0.39, 0.29) is 16.9 Å². The summed E-state index contributed by atoms with van der Waals surface area (Å²) < 4.78 is 2.98. The molecule has 7 heteroatoms. The molecule has 166 valence electrons. The number of carbonyl (C=O) groups is 1. The summed E-state index contributed by atoms with van der Waals surface area (Å²) in [5, 5.41) is 4.18. The van der Waals surface area contributed by atoms with Crippen LogP contribution in [-0.2, 0) is 5.41 Å². The number of nitrogens with one attached hydrogen (secondary N) is 2. The number of amides is 1. The van der Waals surface area contributed by atoms with Crippen molar-refractivity contribution in [1.82, 2.24) is 14.7 Å². The van der Waals surface area contributed by atoms with Crippen LogP contribution in [0.15, 0.2) is 35.4 Å². The van der Waals surface area contributed by atoms with Crippen molar-refractivity contribution in [2.45, 2.75) is 69.9 Å². The first-order valence-corrected chi connectivity index (χ1v) is 11.9. The van der Waals surface area contributed by atoms with E-state index in [2.05, 4.69) is 54.5 Å². The van der Waals surface area contributed by atoms with Gasteiger partial charge in [-0.1, -0.05) is 26.8 Å². The fraction of sp³-hybridized carbons (Fsp3) is 0.542. The van der Waals surface area contributed by atoms with Gasteiger partial charge in [-0.15, -0.1) is 0 Å². The van der Waals surface area contributed by atoms with E-state index in [0.29, 0.717) is 11.5 Å². The number of anilines is 2. The van der Waals surface area contributed by atoms with Crippen molar-refractivity contribution < 1.29 is 4.79 Å². The molecule has 4 bridgehead atoms. The van der Waals surface area contributed by atoms with Crippen LogP contribution in [0.3, 0.4) is 0 Å². The molecule has 0 radical (unpaired) electrons. The maximum Gasteiger partial charge on any atom is 0.265 e. The molecule has 1 unspecified atom stereocenters. The Bertz CT molecular complexity index is 969. The van der Waals surface area contributed by atoms with Crippen LogP contribution in [0.1, 0.15) is 69.9 Å². The SMILES string of the molecule is CC(C)(C)c1ccc2c(n1)N1CC(CCCNc3cccc(n3)SNC2=O)CC1(C)C. The van der Waals surface area contributed by atoms with E-state index in [1.165, 1.54) is 11.9 Å². The van der Waals surface area contributed by atoms with Gasteiger partial charge in [-0.05, 0) is 63.3 Å². The van der Waals surface area contributed by atoms with Gasteiger partial charge in [-0.2, -0.15) is 0 Å². The summed E-state index contributed by atoms with van der Waals surface area (Å²) in [6.07, 6.45) is 3.33. The monoisotopic (exact) mass is 439 g/mol. The fourth-order valence-corrected chi connectivity index (χ4v) is 5.13. The Hall–Kier alpha value is -2.28. The molecule has 1 fully saturated rings. The lowest BCUT2D eigenvalue weighted by Gasteiger charge is -2.34. The minimum absolute atomic E-state index is 0.0489. The van der Waals surface area contributed by atoms with Gasteiger partial charge in [0.1, 0.15) is 16.7 Å². The molecule has 2 aliphatic rings. The average molecular weight is 440 g/mol. The van der Waals surface area contributed by atoms with Crippen LogP contribution < -0.4 is 14.9 Å². The van der Waals surface area contributed by atoms with Crippen LogP contribution in [0.4, 0.5) is 11.6 Å². The van der Waals surface area contributed by atoms with Gasteiger partial charge in [-0.3, -0.25) is 9.52 Å². The maximum absolute atomic E-state index is 13.2. The van der Waals surface area contributed by atoms with E-state index in [1.807, 2.05) is 30.3 Å². The van der Waals surface area contributed by atoms with E-state index >= 15 is 0 Å². The second kappa shape index (κ2) is 8.34. The Kier molecular flexibility index (Phi) is 5.90. The largest absolute Gasteiger partial charge is 0.370 e. The minimum Gasteiger partial charge on any atom is -0.370 e. The highest BCUT2D eigenvalue weighted by atomic mass is 32.2. The summed E-state index contributed by atoms with van der Waals surface area (Å²) in [6.45, 7) is 12.8. The van der Waals surface area contributed by atoms with E-state index in [4.69, 9.17) is 4.98 Å². The first-order valence-electron chi connectivity index (χ1n) is 11.1. The van der Waals surface area contributed by atoms with Crippen molar-refractivity contribution in [1.29, 1.82) is 0 Å². The standard InChI is InChI=1S/C24H33N5OS/c1-23(2,3)18-12-11-17-21(26-18)29-15-16(14-24(29,4)5)8-7-13-25-19-9-6-10-20(27-19)31-28-22(17)30/h6,9-12,16H,7-8,13-15H2,1-5H3,(H,25,27)(H,28,30). The van der Waals surface area contributed by atoms with Crippen LogP contribution in [0.5, 0.6) is 0 Å². The van der Waals surface area contributed by atoms with Crippen molar-refractivity contribution in [3.05, 3.63) is 41.6 Å². The van der Waals surface area contributed by atoms with Gasteiger partial charge in [0.15, 0.2) is 0 Å². The van der Waals surface area contributed by atoms with Crippen LogP contribution in [0, 0.1) is 5.92 Å². The molecule has 0 aliphatic carbocycles. The van der Waals surface area contributed by atoms with Crippen LogP contribution in [-0.4, -0.2) is 34.5 Å². The van der Waals surface area contributed by atoms with Crippen LogP contribution >= 0.6 is 11.9 Å². The van der Waals surface area contributed by atoms with Gasteiger partial charge >= 0.3 is 0 Å². The summed E-state index contributed by atoms with van der Waals surface area (Å²) in [5.41, 5.74) is 1.49. The molecule has 2 aliphatic heterocycles. The summed E-state index contributed by atoms with van der Waals surface area (Å²) in [5.74, 6) is 2.08. The van der Waals surface area contributed by atoms with E-state index in [9.17, 15) is 4.79 Å². The van der Waals surface area contributed by atoms with Crippen molar-refractivity contribution >= 4 is 29.5 Å². The number of aromatic nitrogens is 2. The molecular formula is C24H33N5OS. The molecule has 0 saturated carbocycles. The van der Waals surface area contributed by atoms with Gasteiger partial charge in [0.05, 0.1) is 5.56 Å². The van der Waals surface area contributed by atoms with Crippen molar-refractivity contribution in [2.24, 2.45) is 5.92 Å². The summed E-state index contributed by atoms with van der Waals surface area (Å²) >= 11 is 1.25. The Morgan fingerprint density at radius 1 is 1.16 bits per heavy atom. The number of hydrogen-bond acceptors (Lipinski definition) is 6. The number of rotatable bonds is 0. The van der Waals surface area contributed by atoms with E-state index in [1.54, 1.807) is 0 Å². The third-order valence-corrected chi connectivity index (χ3v) is 6.89. The molecule has 0 spiro atoms. The first kappa shape index (κ1) is 21.9. The molecular weight excluding hydrogens is 406 g/mol. The third kappa shape index (κ3) is 4.81. The zero-order valence-electron chi connectivity index (χ0n) is 19.2. The molecule has 4 heterocycles. The molecule has 1 atom stereocenters. The molecule has 1 amide bonds. The van der Waals surface area contributed by atoms with Gasteiger partial charge in [0.2, 0.25) is 0 Å². The molecule has 2 N–H and O–H groups in total.